The smallest absolute Gasteiger partial charge is 0.408 e. The van der Waals surface area contributed by atoms with Gasteiger partial charge in [-0.05, 0) is 75.2 Å². The molecule has 2 heterocycles. The number of amides is 3. The van der Waals surface area contributed by atoms with Gasteiger partial charge in [-0.15, -0.1) is 11.3 Å². The Kier molecular flexibility index (Phi) is 9.48. The molecule has 2 aromatic heterocycles. The average Bonchev–Trinajstić information content (AvgIpc) is 3.56. The molecule has 12 heteroatoms. The van der Waals surface area contributed by atoms with E-state index < -0.39 is 17.7 Å². The van der Waals surface area contributed by atoms with Crippen molar-refractivity contribution in [1.29, 1.82) is 0 Å². The van der Waals surface area contributed by atoms with Gasteiger partial charge in [-0.1, -0.05) is 47.6 Å². The van der Waals surface area contributed by atoms with Crippen LogP contribution in [0.15, 0.2) is 71.2 Å². The fourth-order valence-corrected chi connectivity index (χ4v) is 6.57. The third kappa shape index (κ3) is 8.10. The maximum absolute atomic E-state index is 13.5. The van der Waals surface area contributed by atoms with Crippen molar-refractivity contribution in [3.05, 3.63) is 83.0 Å². The topological polar surface area (TPSA) is 125 Å². The second-order valence-corrected chi connectivity index (χ2v) is 13.9. The number of thioether (sulfide) groups is 1. The molecule has 0 saturated heterocycles. The molecule has 44 heavy (non-hydrogen) atoms. The van der Waals surface area contributed by atoms with Crippen molar-refractivity contribution in [2.45, 2.75) is 50.1 Å². The summed E-state index contributed by atoms with van der Waals surface area (Å²) in [4.78, 5) is 46.6. The molecule has 9 nitrogen and oxygen atoms in total. The molecule has 0 aliphatic carbocycles. The number of hydrogen-bond acceptors (Lipinski definition) is 7. The number of ether oxygens (including phenoxy) is 1. The summed E-state index contributed by atoms with van der Waals surface area (Å²) in [7, 11) is 0. The Morgan fingerprint density at radius 2 is 1.86 bits per heavy atom. The van der Waals surface area contributed by atoms with E-state index in [1.54, 1.807) is 39.0 Å². The minimum atomic E-state index is -0.894. The summed E-state index contributed by atoms with van der Waals surface area (Å²) in [5, 5.41) is 10.1. The monoisotopic (exact) mass is 649 g/mol. The molecular formula is C32H32ClN5O4S2. The average molecular weight is 650 g/mol. The first-order valence-corrected chi connectivity index (χ1v) is 16.1. The number of nitrogens with zero attached hydrogens (tertiary/aromatic N) is 1. The minimum Gasteiger partial charge on any atom is -0.444 e. The largest absolute Gasteiger partial charge is 0.444 e. The molecule has 0 saturated carbocycles. The molecule has 3 aromatic carbocycles. The van der Waals surface area contributed by atoms with Crippen molar-refractivity contribution in [1.82, 2.24) is 15.3 Å². The van der Waals surface area contributed by atoms with Gasteiger partial charge >= 0.3 is 6.09 Å². The van der Waals surface area contributed by atoms with Crippen LogP contribution in [0, 0.1) is 6.92 Å². The number of H-pyrrole nitrogens is 1. The first-order valence-electron chi connectivity index (χ1n) is 13.9. The normalized spacial score (nSPS) is 12.2. The van der Waals surface area contributed by atoms with Crippen molar-refractivity contribution < 1.29 is 19.1 Å². The highest BCUT2D eigenvalue weighted by Gasteiger charge is 2.26. The van der Waals surface area contributed by atoms with Gasteiger partial charge in [0.2, 0.25) is 11.8 Å². The first kappa shape index (κ1) is 31.4. The van der Waals surface area contributed by atoms with Crippen LogP contribution in [0.4, 0.5) is 16.2 Å². The van der Waals surface area contributed by atoms with Crippen molar-refractivity contribution in [3.8, 4) is 0 Å². The Hall–Kier alpha value is -4.06. The number of hydrogen-bond donors (Lipinski definition) is 4. The fraction of sp³-hybridized carbons (Fsp3) is 0.250. The van der Waals surface area contributed by atoms with Crippen LogP contribution >= 0.6 is 34.7 Å². The molecule has 228 valence electrons. The van der Waals surface area contributed by atoms with E-state index in [0.717, 1.165) is 36.6 Å². The van der Waals surface area contributed by atoms with Gasteiger partial charge in [0.25, 0.3) is 0 Å². The van der Waals surface area contributed by atoms with Crippen molar-refractivity contribution in [3.63, 3.8) is 0 Å². The second-order valence-electron chi connectivity index (χ2n) is 11.2. The molecule has 1 atom stereocenters. The lowest BCUT2D eigenvalue weighted by Gasteiger charge is -2.23. The SMILES string of the molecule is Cc1ccc(Cl)cc1NC(=O)CSc1nc2ccc(NC(=O)[C@H](Cc3c[nH]c4ccccc34)NC(=O)OC(C)(C)C)cc2s1. The van der Waals surface area contributed by atoms with Crippen LogP contribution in [0.3, 0.4) is 0 Å². The molecule has 0 aliphatic heterocycles. The maximum atomic E-state index is 13.5. The van der Waals surface area contributed by atoms with E-state index in [1.165, 1.54) is 23.1 Å². The van der Waals surface area contributed by atoms with Crippen LogP contribution in [-0.4, -0.2) is 45.3 Å². The number of anilines is 2. The summed E-state index contributed by atoms with van der Waals surface area (Å²) >= 11 is 8.82. The highest BCUT2D eigenvalue weighted by molar-refractivity contribution is 8.01. The van der Waals surface area contributed by atoms with Gasteiger partial charge in [-0.25, -0.2) is 9.78 Å². The molecule has 5 aromatic rings. The number of rotatable bonds is 9. The summed E-state index contributed by atoms with van der Waals surface area (Å²) < 4.78 is 7.02. The highest BCUT2D eigenvalue weighted by Crippen LogP contribution is 2.32. The van der Waals surface area contributed by atoms with Crippen LogP contribution in [-0.2, 0) is 20.7 Å². The number of thiazole rings is 1. The zero-order chi connectivity index (χ0) is 31.4. The standard InChI is InChI=1S/C32H32ClN5O4S2/c1-18-9-10-20(33)14-25(18)36-28(39)17-43-31-38-24-12-11-21(15-27(24)44-31)35-29(40)26(37-30(41)42-32(2,3)4)13-19-16-34-23-8-6-5-7-22(19)23/h5-12,14-16,26,34H,13,17H2,1-4H3,(H,35,40)(H,36,39)(H,37,41)/t26-/m0/s1. The van der Waals surface area contributed by atoms with E-state index in [4.69, 9.17) is 16.3 Å². The summed E-state index contributed by atoms with van der Waals surface area (Å²) in [5.74, 6) is -0.361. The summed E-state index contributed by atoms with van der Waals surface area (Å²) in [6.07, 6.45) is 1.43. The number of carbonyl (C=O) groups excluding carboxylic acids is 3. The predicted molar refractivity (Wildman–Crippen MR) is 179 cm³/mol. The lowest BCUT2D eigenvalue weighted by Crippen LogP contribution is -2.47. The molecular weight excluding hydrogens is 618 g/mol. The Labute approximate surface area is 268 Å². The van der Waals surface area contributed by atoms with E-state index >= 15 is 0 Å². The van der Waals surface area contributed by atoms with Gasteiger partial charge in [0.15, 0.2) is 4.34 Å². The zero-order valence-electron chi connectivity index (χ0n) is 24.6. The summed E-state index contributed by atoms with van der Waals surface area (Å²) in [6.45, 7) is 7.21. The van der Waals surface area contributed by atoms with Gasteiger partial charge in [-0.3, -0.25) is 9.59 Å². The molecule has 5 rings (SSSR count). The zero-order valence-corrected chi connectivity index (χ0v) is 27.0. The molecule has 4 N–H and O–H groups in total. The minimum absolute atomic E-state index is 0.161. The molecule has 0 unspecified atom stereocenters. The highest BCUT2D eigenvalue weighted by atomic mass is 35.5. The first-order chi connectivity index (χ1) is 20.9. The Bertz CT molecular complexity index is 1850. The van der Waals surface area contributed by atoms with Crippen LogP contribution < -0.4 is 16.0 Å². The Balaban J connectivity index is 1.27. The molecule has 0 spiro atoms. The van der Waals surface area contributed by atoms with Crippen LogP contribution in [0.2, 0.25) is 5.02 Å². The number of fused-ring (bicyclic) bond motifs is 2. The van der Waals surface area contributed by atoms with Crippen molar-refractivity contribution in [2.24, 2.45) is 0 Å². The van der Waals surface area contributed by atoms with E-state index in [0.29, 0.717) is 16.4 Å². The number of aromatic amines is 1. The van der Waals surface area contributed by atoms with Crippen LogP contribution in [0.5, 0.6) is 0 Å². The van der Waals surface area contributed by atoms with Crippen LogP contribution in [0.1, 0.15) is 31.9 Å². The number of para-hydroxylation sites is 1. The molecule has 3 amide bonds. The quantitative estimate of drug-likeness (QED) is 0.122. The predicted octanol–water partition coefficient (Wildman–Crippen LogP) is 7.54. The lowest BCUT2D eigenvalue weighted by molar-refractivity contribution is -0.118. The van der Waals surface area contributed by atoms with Gasteiger partial charge in [0, 0.05) is 39.9 Å². The van der Waals surface area contributed by atoms with Gasteiger partial charge in [-0.2, -0.15) is 0 Å². The molecule has 0 bridgehead atoms. The Morgan fingerprint density at radius 3 is 2.66 bits per heavy atom. The summed E-state index contributed by atoms with van der Waals surface area (Å²) in [6, 6.07) is 17.7. The van der Waals surface area contributed by atoms with Crippen molar-refractivity contribution >= 4 is 85.1 Å². The fourth-order valence-electron chi connectivity index (χ4n) is 4.49. The molecule has 0 aliphatic rings. The van der Waals surface area contributed by atoms with Gasteiger partial charge in [0.05, 0.1) is 16.0 Å². The molecule has 0 fully saturated rings. The van der Waals surface area contributed by atoms with E-state index in [-0.39, 0.29) is 24.0 Å². The van der Waals surface area contributed by atoms with E-state index in [9.17, 15) is 14.4 Å². The number of aromatic nitrogens is 2. The number of nitrogens with one attached hydrogen (secondary N) is 4. The van der Waals surface area contributed by atoms with E-state index in [2.05, 4.69) is 25.9 Å². The number of benzene rings is 3. The second kappa shape index (κ2) is 13.3. The van der Waals surface area contributed by atoms with Crippen molar-refractivity contribution in [2.75, 3.05) is 16.4 Å². The maximum Gasteiger partial charge on any atom is 0.408 e. The van der Waals surface area contributed by atoms with Gasteiger partial charge < -0.3 is 25.7 Å². The van der Waals surface area contributed by atoms with Gasteiger partial charge in [0.1, 0.15) is 11.6 Å². The summed E-state index contributed by atoms with van der Waals surface area (Å²) in [5.41, 5.74) is 4.04. The number of carbonyl (C=O) groups is 3. The van der Waals surface area contributed by atoms with Crippen LogP contribution in [0.25, 0.3) is 21.1 Å². The van der Waals surface area contributed by atoms with E-state index in [1.807, 2.05) is 55.6 Å². The number of alkyl carbamates (subject to hydrolysis) is 1. The number of aryl methyl sites for hydroxylation is 1. The molecule has 0 radical (unpaired) electrons. The Morgan fingerprint density at radius 1 is 1.07 bits per heavy atom. The number of halogens is 1. The lowest BCUT2D eigenvalue weighted by atomic mass is 10.0. The third-order valence-corrected chi connectivity index (χ3v) is 8.94. The third-order valence-electron chi connectivity index (χ3n) is 6.54.